The molecule has 0 saturated heterocycles. The lowest BCUT2D eigenvalue weighted by Crippen LogP contribution is -2.16. The molecule has 1 aliphatic heterocycles. The summed E-state index contributed by atoms with van der Waals surface area (Å²) in [6, 6.07) is 7.99. The summed E-state index contributed by atoms with van der Waals surface area (Å²) >= 11 is 3.42. The first kappa shape index (κ1) is 12.6. The van der Waals surface area contributed by atoms with Crippen LogP contribution in [0, 0.1) is 0 Å². The fourth-order valence-electron chi connectivity index (χ4n) is 2.14. The first-order chi connectivity index (χ1) is 9.31. The maximum atomic E-state index is 4.62. The molecule has 4 nitrogen and oxygen atoms in total. The Morgan fingerprint density at radius 3 is 2.74 bits per heavy atom. The molecule has 0 bridgehead atoms. The van der Waals surface area contributed by atoms with Crippen molar-refractivity contribution in [2.24, 2.45) is 0 Å². The van der Waals surface area contributed by atoms with E-state index in [2.05, 4.69) is 36.5 Å². The molecule has 1 aromatic heterocycles. The topological polar surface area (TPSA) is 49.8 Å². The van der Waals surface area contributed by atoms with E-state index in [1.54, 1.807) is 0 Å². The molecule has 98 valence electrons. The van der Waals surface area contributed by atoms with Crippen LogP contribution in [0.2, 0.25) is 0 Å². The third-order valence-electron chi connectivity index (χ3n) is 3.16. The predicted molar refractivity (Wildman–Crippen MR) is 79.7 cm³/mol. The lowest BCUT2D eigenvalue weighted by Gasteiger charge is -2.08. The number of halogens is 1. The van der Waals surface area contributed by atoms with Crippen molar-refractivity contribution in [1.29, 1.82) is 0 Å². The molecule has 1 aliphatic rings. The summed E-state index contributed by atoms with van der Waals surface area (Å²) in [4.78, 5) is 9.01. The average Bonchev–Trinajstić information content (AvgIpc) is 2.66. The van der Waals surface area contributed by atoms with Crippen LogP contribution in [0.4, 0.5) is 11.6 Å². The number of rotatable bonds is 2. The second-order valence-corrected chi connectivity index (χ2v) is 5.46. The summed E-state index contributed by atoms with van der Waals surface area (Å²) in [6.07, 6.45) is 3.91. The Labute approximate surface area is 120 Å². The maximum absolute atomic E-state index is 4.62. The van der Waals surface area contributed by atoms with Gasteiger partial charge in [0, 0.05) is 29.3 Å². The molecule has 0 spiro atoms. The summed E-state index contributed by atoms with van der Waals surface area (Å²) < 4.78 is 1.06. The zero-order valence-electron chi connectivity index (χ0n) is 10.5. The standard InChI is InChI=1S/C14H15BrN4/c15-11-1-3-12(4-2-11)18-14-17-9-10-5-7-16-8-6-13(10)19-14/h1-4,9,16H,5-8H2,(H,17,18,19). The van der Waals surface area contributed by atoms with Gasteiger partial charge in [-0.2, -0.15) is 0 Å². The zero-order chi connectivity index (χ0) is 13.1. The van der Waals surface area contributed by atoms with E-state index in [1.165, 1.54) is 5.56 Å². The largest absolute Gasteiger partial charge is 0.324 e. The number of benzene rings is 1. The van der Waals surface area contributed by atoms with Crippen molar-refractivity contribution in [3.05, 3.63) is 46.2 Å². The SMILES string of the molecule is Brc1ccc(Nc2ncc3c(n2)CCNCC3)cc1. The molecule has 0 amide bonds. The normalized spacial score (nSPS) is 14.6. The molecule has 0 fully saturated rings. The van der Waals surface area contributed by atoms with Crippen LogP contribution >= 0.6 is 15.9 Å². The number of nitrogens with zero attached hydrogens (tertiary/aromatic N) is 2. The van der Waals surface area contributed by atoms with Crippen molar-refractivity contribution in [2.75, 3.05) is 18.4 Å². The van der Waals surface area contributed by atoms with Gasteiger partial charge in [0.25, 0.3) is 0 Å². The van der Waals surface area contributed by atoms with Crippen molar-refractivity contribution in [2.45, 2.75) is 12.8 Å². The molecule has 5 heteroatoms. The summed E-state index contributed by atoms with van der Waals surface area (Å²) in [5, 5.41) is 6.61. The molecule has 2 N–H and O–H groups in total. The highest BCUT2D eigenvalue weighted by molar-refractivity contribution is 9.10. The monoisotopic (exact) mass is 318 g/mol. The highest BCUT2D eigenvalue weighted by Crippen LogP contribution is 2.18. The van der Waals surface area contributed by atoms with Gasteiger partial charge in [-0.1, -0.05) is 15.9 Å². The van der Waals surface area contributed by atoms with Crippen LogP contribution in [0.1, 0.15) is 11.3 Å². The second kappa shape index (κ2) is 5.67. The van der Waals surface area contributed by atoms with Gasteiger partial charge < -0.3 is 10.6 Å². The predicted octanol–water partition coefficient (Wildman–Crippen LogP) is 2.67. The van der Waals surface area contributed by atoms with Crippen molar-refractivity contribution < 1.29 is 0 Å². The highest BCUT2D eigenvalue weighted by atomic mass is 79.9. The molecule has 0 unspecified atom stereocenters. The van der Waals surface area contributed by atoms with Crippen LogP contribution in [0.3, 0.4) is 0 Å². The molecule has 2 heterocycles. The summed E-state index contributed by atoms with van der Waals surface area (Å²) in [7, 11) is 0. The van der Waals surface area contributed by atoms with E-state index in [9.17, 15) is 0 Å². The zero-order valence-corrected chi connectivity index (χ0v) is 12.1. The number of nitrogens with one attached hydrogen (secondary N) is 2. The van der Waals surface area contributed by atoms with Gasteiger partial charge in [-0.3, -0.25) is 0 Å². The Balaban J connectivity index is 1.81. The van der Waals surface area contributed by atoms with Crippen LogP contribution in [0.25, 0.3) is 0 Å². The Bertz CT molecular complexity index is 568. The second-order valence-electron chi connectivity index (χ2n) is 4.55. The molecule has 2 aromatic rings. The Morgan fingerprint density at radius 2 is 1.89 bits per heavy atom. The van der Waals surface area contributed by atoms with E-state index in [0.717, 1.165) is 41.8 Å². The van der Waals surface area contributed by atoms with Gasteiger partial charge in [0.1, 0.15) is 0 Å². The Kier molecular flexibility index (Phi) is 3.75. The molecule has 1 aromatic carbocycles. The van der Waals surface area contributed by atoms with E-state index >= 15 is 0 Å². The minimum Gasteiger partial charge on any atom is -0.324 e. The van der Waals surface area contributed by atoms with Crippen LogP contribution in [0.5, 0.6) is 0 Å². The molecule has 0 atom stereocenters. The first-order valence-electron chi connectivity index (χ1n) is 6.39. The summed E-state index contributed by atoms with van der Waals surface area (Å²) in [5.74, 6) is 0.669. The summed E-state index contributed by atoms with van der Waals surface area (Å²) in [5.41, 5.74) is 3.40. The first-order valence-corrected chi connectivity index (χ1v) is 7.19. The lowest BCUT2D eigenvalue weighted by molar-refractivity contribution is 0.708. The number of aromatic nitrogens is 2. The maximum Gasteiger partial charge on any atom is 0.227 e. The summed E-state index contributed by atoms with van der Waals surface area (Å²) in [6.45, 7) is 2.00. The Hall–Kier alpha value is -1.46. The third kappa shape index (κ3) is 3.11. The molecule has 3 rings (SSSR count). The van der Waals surface area contributed by atoms with Gasteiger partial charge in [-0.15, -0.1) is 0 Å². The molecule has 0 saturated carbocycles. The minimum atomic E-state index is 0.669. The van der Waals surface area contributed by atoms with Gasteiger partial charge in [0.2, 0.25) is 5.95 Å². The Morgan fingerprint density at radius 1 is 1.11 bits per heavy atom. The molecular weight excluding hydrogens is 304 g/mol. The van der Waals surface area contributed by atoms with Gasteiger partial charge >= 0.3 is 0 Å². The van der Waals surface area contributed by atoms with Gasteiger partial charge in [-0.25, -0.2) is 9.97 Å². The smallest absolute Gasteiger partial charge is 0.227 e. The van der Waals surface area contributed by atoms with E-state index < -0.39 is 0 Å². The molecule has 0 aliphatic carbocycles. The molecule has 0 radical (unpaired) electrons. The quantitative estimate of drug-likeness (QED) is 0.893. The van der Waals surface area contributed by atoms with Crippen molar-refractivity contribution in [3.63, 3.8) is 0 Å². The van der Waals surface area contributed by atoms with Crippen molar-refractivity contribution >= 4 is 27.6 Å². The molecule has 19 heavy (non-hydrogen) atoms. The van der Waals surface area contributed by atoms with Crippen molar-refractivity contribution in [3.8, 4) is 0 Å². The van der Waals surface area contributed by atoms with Crippen LogP contribution in [-0.4, -0.2) is 23.1 Å². The number of fused-ring (bicyclic) bond motifs is 1. The van der Waals surface area contributed by atoms with Gasteiger partial charge in [-0.05, 0) is 42.8 Å². The van der Waals surface area contributed by atoms with E-state index in [-0.39, 0.29) is 0 Å². The van der Waals surface area contributed by atoms with Gasteiger partial charge in [0.05, 0.1) is 5.69 Å². The number of hydrogen-bond donors (Lipinski definition) is 2. The van der Waals surface area contributed by atoms with Crippen LogP contribution in [-0.2, 0) is 12.8 Å². The number of hydrogen-bond acceptors (Lipinski definition) is 4. The van der Waals surface area contributed by atoms with Crippen molar-refractivity contribution in [1.82, 2.24) is 15.3 Å². The van der Waals surface area contributed by atoms with Gasteiger partial charge in [0.15, 0.2) is 0 Å². The van der Waals surface area contributed by atoms with E-state index in [1.807, 2.05) is 30.5 Å². The van der Waals surface area contributed by atoms with Crippen LogP contribution < -0.4 is 10.6 Å². The van der Waals surface area contributed by atoms with Crippen LogP contribution in [0.15, 0.2) is 34.9 Å². The average molecular weight is 319 g/mol. The lowest BCUT2D eigenvalue weighted by atomic mass is 10.1. The fraction of sp³-hybridized carbons (Fsp3) is 0.286. The highest BCUT2D eigenvalue weighted by Gasteiger charge is 2.10. The van der Waals surface area contributed by atoms with E-state index in [0.29, 0.717) is 5.95 Å². The molecular formula is C14H15BrN4. The third-order valence-corrected chi connectivity index (χ3v) is 3.69. The number of anilines is 2. The van der Waals surface area contributed by atoms with E-state index in [4.69, 9.17) is 0 Å². The minimum absolute atomic E-state index is 0.669. The fourth-order valence-corrected chi connectivity index (χ4v) is 2.41.